The van der Waals surface area contributed by atoms with E-state index in [9.17, 15) is 5.11 Å². The number of benzene rings is 1. The second-order valence-corrected chi connectivity index (χ2v) is 4.60. The third kappa shape index (κ3) is 3.37. The number of aromatic hydroxyl groups is 1. The van der Waals surface area contributed by atoms with Crippen LogP contribution in [-0.2, 0) is 6.54 Å². The van der Waals surface area contributed by atoms with Crippen LogP contribution in [0.3, 0.4) is 0 Å². The zero-order chi connectivity index (χ0) is 12.1. The molecule has 94 valence electrons. The molecule has 0 aliphatic heterocycles. The lowest BCUT2D eigenvalue weighted by Gasteiger charge is -2.13. The van der Waals surface area contributed by atoms with Crippen molar-refractivity contribution in [2.45, 2.75) is 45.2 Å². The van der Waals surface area contributed by atoms with Crippen LogP contribution in [0.15, 0.2) is 18.2 Å². The van der Waals surface area contributed by atoms with Gasteiger partial charge in [-0.1, -0.05) is 18.9 Å². The lowest BCUT2D eigenvalue weighted by Crippen LogP contribution is -2.25. The van der Waals surface area contributed by atoms with Gasteiger partial charge in [0.05, 0.1) is 6.61 Å². The molecule has 1 aromatic rings. The fourth-order valence-electron chi connectivity index (χ4n) is 2.33. The molecule has 0 heterocycles. The molecular weight excluding hydrogens is 214 g/mol. The molecule has 0 bridgehead atoms. The van der Waals surface area contributed by atoms with E-state index in [0.29, 0.717) is 18.4 Å². The van der Waals surface area contributed by atoms with E-state index in [0.717, 1.165) is 12.1 Å². The minimum Gasteiger partial charge on any atom is -0.504 e. The van der Waals surface area contributed by atoms with Gasteiger partial charge in [0.25, 0.3) is 0 Å². The first-order valence-electron chi connectivity index (χ1n) is 6.47. The maximum Gasteiger partial charge on any atom is 0.161 e. The van der Waals surface area contributed by atoms with E-state index < -0.39 is 0 Å². The lowest BCUT2D eigenvalue weighted by molar-refractivity contribution is 0.317. The first-order chi connectivity index (χ1) is 8.29. The molecule has 0 radical (unpaired) electrons. The van der Waals surface area contributed by atoms with Gasteiger partial charge in [0.2, 0.25) is 0 Å². The molecule has 2 rings (SSSR count). The summed E-state index contributed by atoms with van der Waals surface area (Å²) < 4.78 is 5.37. The number of rotatable bonds is 5. The molecule has 0 atom stereocenters. The molecule has 0 spiro atoms. The minimum atomic E-state index is 0.219. The third-order valence-electron chi connectivity index (χ3n) is 3.27. The number of nitrogens with one attached hydrogen (secondary N) is 1. The third-order valence-corrected chi connectivity index (χ3v) is 3.27. The molecule has 0 saturated heterocycles. The molecular formula is C14H21NO2. The minimum absolute atomic E-state index is 0.219. The fraction of sp³-hybridized carbons (Fsp3) is 0.571. The topological polar surface area (TPSA) is 41.5 Å². The first kappa shape index (κ1) is 12.2. The van der Waals surface area contributed by atoms with Gasteiger partial charge in [0, 0.05) is 12.6 Å². The summed E-state index contributed by atoms with van der Waals surface area (Å²) in [7, 11) is 0. The maximum atomic E-state index is 9.60. The number of ether oxygens (including phenoxy) is 1. The number of phenols is 1. The molecule has 1 saturated carbocycles. The van der Waals surface area contributed by atoms with Crippen LogP contribution >= 0.6 is 0 Å². The SMILES string of the molecule is CCOc1cc(CNC2CCCC2)ccc1O. The highest BCUT2D eigenvalue weighted by Crippen LogP contribution is 2.27. The molecule has 1 aliphatic rings. The zero-order valence-corrected chi connectivity index (χ0v) is 10.4. The predicted octanol–water partition coefficient (Wildman–Crippen LogP) is 2.82. The van der Waals surface area contributed by atoms with Gasteiger partial charge in [-0.3, -0.25) is 0 Å². The second kappa shape index (κ2) is 5.92. The molecule has 1 aliphatic carbocycles. The summed E-state index contributed by atoms with van der Waals surface area (Å²) in [5.74, 6) is 0.801. The molecule has 1 fully saturated rings. The van der Waals surface area contributed by atoms with Gasteiger partial charge < -0.3 is 15.2 Å². The van der Waals surface area contributed by atoms with E-state index in [2.05, 4.69) is 5.32 Å². The largest absolute Gasteiger partial charge is 0.504 e. The summed E-state index contributed by atoms with van der Waals surface area (Å²) in [6.45, 7) is 3.35. The van der Waals surface area contributed by atoms with Crippen molar-refractivity contribution in [3.8, 4) is 11.5 Å². The highest BCUT2D eigenvalue weighted by atomic mass is 16.5. The number of hydrogen-bond acceptors (Lipinski definition) is 3. The summed E-state index contributed by atoms with van der Waals surface area (Å²) in [6, 6.07) is 6.23. The molecule has 0 amide bonds. The summed E-state index contributed by atoms with van der Waals surface area (Å²) in [4.78, 5) is 0. The van der Waals surface area contributed by atoms with E-state index in [1.165, 1.54) is 25.7 Å². The quantitative estimate of drug-likeness (QED) is 0.824. The Hall–Kier alpha value is -1.22. The highest BCUT2D eigenvalue weighted by Gasteiger charge is 2.14. The van der Waals surface area contributed by atoms with Gasteiger partial charge in [0.1, 0.15) is 0 Å². The van der Waals surface area contributed by atoms with E-state index in [1.807, 2.05) is 19.1 Å². The molecule has 17 heavy (non-hydrogen) atoms. The van der Waals surface area contributed by atoms with Crippen molar-refractivity contribution in [3.05, 3.63) is 23.8 Å². The van der Waals surface area contributed by atoms with Crippen molar-refractivity contribution in [2.75, 3.05) is 6.61 Å². The van der Waals surface area contributed by atoms with Crippen LogP contribution in [0.5, 0.6) is 11.5 Å². The zero-order valence-electron chi connectivity index (χ0n) is 10.4. The van der Waals surface area contributed by atoms with E-state index in [4.69, 9.17) is 4.74 Å². The molecule has 3 heteroatoms. The van der Waals surface area contributed by atoms with Crippen LogP contribution in [-0.4, -0.2) is 17.8 Å². The van der Waals surface area contributed by atoms with E-state index in [1.54, 1.807) is 6.07 Å². The van der Waals surface area contributed by atoms with Crippen molar-refractivity contribution in [2.24, 2.45) is 0 Å². The fourth-order valence-corrected chi connectivity index (χ4v) is 2.33. The van der Waals surface area contributed by atoms with Gasteiger partial charge in [-0.05, 0) is 37.5 Å². The summed E-state index contributed by atoms with van der Waals surface area (Å²) in [5, 5.41) is 13.1. The van der Waals surface area contributed by atoms with E-state index in [-0.39, 0.29) is 5.75 Å². The molecule has 2 N–H and O–H groups in total. The Kier molecular flexibility index (Phi) is 4.26. The Morgan fingerprint density at radius 2 is 2.12 bits per heavy atom. The Balaban J connectivity index is 1.93. The average molecular weight is 235 g/mol. The van der Waals surface area contributed by atoms with Gasteiger partial charge in [0.15, 0.2) is 11.5 Å². The van der Waals surface area contributed by atoms with Gasteiger partial charge in [-0.15, -0.1) is 0 Å². The summed E-state index contributed by atoms with van der Waals surface area (Å²) in [5.41, 5.74) is 1.16. The van der Waals surface area contributed by atoms with Crippen LogP contribution in [0.2, 0.25) is 0 Å². The van der Waals surface area contributed by atoms with E-state index >= 15 is 0 Å². The van der Waals surface area contributed by atoms with Crippen LogP contribution in [0.25, 0.3) is 0 Å². The summed E-state index contributed by atoms with van der Waals surface area (Å²) in [6.07, 6.45) is 5.27. The summed E-state index contributed by atoms with van der Waals surface area (Å²) >= 11 is 0. The number of phenolic OH excluding ortho intramolecular Hbond substituents is 1. The van der Waals surface area contributed by atoms with Crippen molar-refractivity contribution in [1.82, 2.24) is 5.32 Å². The van der Waals surface area contributed by atoms with Gasteiger partial charge >= 0.3 is 0 Å². The Labute approximate surface area is 103 Å². The molecule has 0 aromatic heterocycles. The maximum absolute atomic E-state index is 9.60. The Morgan fingerprint density at radius 1 is 1.35 bits per heavy atom. The van der Waals surface area contributed by atoms with Crippen molar-refractivity contribution in [3.63, 3.8) is 0 Å². The second-order valence-electron chi connectivity index (χ2n) is 4.60. The first-order valence-corrected chi connectivity index (χ1v) is 6.47. The van der Waals surface area contributed by atoms with Crippen LogP contribution < -0.4 is 10.1 Å². The van der Waals surface area contributed by atoms with Gasteiger partial charge in [-0.25, -0.2) is 0 Å². The normalized spacial score (nSPS) is 16.3. The van der Waals surface area contributed by atoms with Crippen molar-refractivity contribution >= 4 is 0 Å². The molecule has 0 unspecified atom stereocenters. The highest BCUT2D eigenvalue weighted by molar-refractivity contribution is 5.41. The van der Waals surface area contributed by atoms with Gasteiger partial charge in [-0.2, -0.15) is 0 Å². The smallest absolute Gasteiger partial charge is 0.161 e. The Morgan fingerprint density at radius 3 is 2.82 bits per heavy atom. The van der Waals surface area contributed by atoms with Crippen LogP contribution in [0, 0.1) is 0 Å². The lowest BCUT2D eigenvalue weighted by atomic mass is 10.1. The Bertz CT molecular complexity index is 359. The number of hydrogen-bond donors (Lipinski definition) is 2. The van der Waals surface area contributed by atoms with Crippen molar-refractivity contribution < 1.29 is 9.84 Å². The molecule has 3 nitrogen and oxygen atoms in total. The monoisotopic (exact) mass is 235 g/mol. The standard InChI is InChI=1S/C14H21NO2/c1-2-17-14-9-11(7-8-13(14)16)10-15-12-5-3-4-6-12/h7-9,12,15-16H,2-6,10H2,1H3. The molecule has 1 aromatic carbocycles. The van der Waals surface area contributed by atoms with Crippen molar-refractivity contribution in [1.29, 1.82) is 0 Å². The average Bonchev–Trinajstić information content (AvgIpc) is 2.83. The predicted molar refractivity (Wildman–Crippen MR) is 68.4 cm³/mol. The van der Waals surface area contributed by atoms with Crippen LogP contribution in [0.1, 0.15) is 38.2 Å². The van der Waals surface area contributed by atoms with Crippen LogP contribution in [0.4, 0.5) is 0 Å².